The zero-order valence-corrected chi connectivity index (χ0v) is 6.49. The predicted octanol–water partition coefficient (Wildman–Crippen LogP) is 0.626. The summed E-state index contributed by atoms with van der Waals surface area (Å²) in [5.74, 6) is -1.96. The van der Waals surface area contributed by atoms with Crippen molar-refractivity contribution in [2.24, 2.45) is 0 Å². The molecule has 4 heteroatoms. The van der Waals surface area contributed by atoms with Gasteiger partial charge in [-0.2, -0.15) is 0 Å². The number of allylic oxidation sites excluding steroid dienone is 1. The molecule has 0 aromatic carbocycles. The van der Waals surface area contributed by atoms with Gasteiger partial charge in [0.1, 0.15) is 0 Å². The van der Waals surface area contributed by atoms with Gasteiger partial charge in [0, 0.05) is 0 Å². The largest absolute Gasteiger partial charge is 0.458 e. The first kappa shape index (κ1) is 9.68. The summed E-state index contributed by atoms with van der Waals surface area (Å²) in [5.41, 5.74) is 0. The second-order valence-corrected chi connectivity index (χ2v) is 1.60. The Morgan fingerprint density at radius 2 is 2.00 bits per heavy atom. The predicted molar refractivity (Wildman–Crippen MR) is 37.5 cm³/mol. The number of carbonyl (C=O) groups excluding carboxylic acids is 2. The Labute approximate surface area is 64.8 Å². The Hall–Kier alpha value is -1.32. The van der Waals surface area contributed by atoms with Crippen LogP contribution in [0.5, 0.6) is 0 Å². The Bertz CT molecular complexity index is 171. The van der Waals surface area contributed by atoms with Crippen molar-refractivity contribution in [2.45, 2.75) is 13.8 Å². The van der Waals surface area contributed by atoms with Crippen LogP contribution in [0.3, 0.4) is 0 Å². The maximum atomic E-state index is 10.5. The molecule has 0 N–H and O–H groups in total. The average molecular weight is 158 g/mol. The molecule has 0 aliphatic rings. The second kappa shape index (κ2) is 5.46. The smallest absolute Gasteiger partial charge is 0.422 e. The minimum Gasteiger partial charge on any atom is -0.458 e. The van der Waals surface area contributed by atoms with E-state index in [1.807, 2.05) is 0 Å². The third-order valence-corrected chi connectivity index (χ3v) is 0.753. The zero-order chi connectivity index (χ0) is 8.69. The molecule has 0 saturated carbocycles. The van der Waals surface area contributed by atoms with E-state index < -0.39 is 11.9 Å². The third-order valence-electron chi connectivity index (χ3n) is 0.753. The molecule has 0 aliphatic carbocycles. The summed E-state index contributed by atoms with van der Waals surface area (Å²) in [7, 11) is 0. The van der Waals surface area contributed by atoms with Crippen LogP contribution in [0.1, 0.15) is 13.8 Å². The van der Waals surface area contributed by atoms with Crippen molar-refractivity contribution in [1.29, 1.82) is 0 Å². The van der Waals surface area contributed by atoms with Gasteiger partial charge >= 0.3 is 11.9 Å². The van der Waals surface area contributed by atoms with Crippen LogP contribution in [0.25, 0.3) is 0 Å². The van der Waals surface area contributed by atoms with E-state index in [2.05, 4.69) is 9.47 Å². The Morgan fingerprint density at radius 1 is 1.36 bits per heavy atom. The Morgan fingerprint density at radius 3 is 2.45 bits per heavy atom. The Balaban J connectivity index is 3.74. The highest BCUT2D eigenvalue weighted by atomic mass is 16.6. The van der Waals surface area contributed by atoms with E-state index in [0.717, 1.165) is 6.26 Å². The fraction of sp³-hybridized carbons (Fsp3) is 0.429. The van der Waals surface area contributed by atoms with E-state index in [0.29, 0.717) is 0 Å². The molecule has 62 valence electrons. The number of rotatable bonds is 2. The van der Waals surface area contributed by atoms with Crippen LogP contribution in [0.4, 0.5) is 0 Å². The second-order valence-electron chi connectivity index (χ2n) is 1.60. The molecule has 0 spiro atoms. The van der Waals surface area contributed by atoms with Crippen LogP contribution >= 0.6 is 0 Å². The van der Waals surface area contributed by atoms with E-state index >= 15 is 0 Å². The normalized spacial score (nSPS) is 9.64. The summed E-state index contributed by atoms with van der Waals surface area (Å²) >= 11 is 0. The van der Waals surface area contributed by atoms with Gasteiger partial charge < -0.3 is 9.47 Å². The molecule has 0 amide bonds. The minimum atomic E-state index is -0.995. The standard InChI is InChI=1S/C7H10O4/c1-3-5-11-7(9)6(8)10-4-2/h3,5H,4H2,1-2H3. The summed E-state index contributed by atoms with van der Waals surface area (Å²) < 4.78 is 8.66. The molecular formula is C7H10O4. The van der Waals surface area contributed by atoms with Gasteiger partial charge in [0.15, 0.2) is 0 Å². The zero-order valence-electron chi connectivity index (χ0n) is 6.49. The van der Waals surface area contributed by atoms with Gasteiger partial charge in [0.05, 0.1) is 12.9 Å². The molecule has 0 fully saturated rings. The number of carbonyl (C=O) groups is 2. The first-order valence-electron chi connectivity index (χ1n) is 3.21. The lowest BCUT2D eigenvalue weighted by atomic mass is 10.6. The molecule has 0 rings (SSSR count). The lowest BCUT2D eigenvalue weighted by Crippen LogP contribution is -2.18. The summed E-state index contributed by atoms with van der Waals surface area (Å²) in [6.45, 7) is 3.45. The summed E-state index contributed by atoms with van der Waals surface area (Å²) in [5, 5.41) is 0. The summed E-state index contributed by atoms with van der Waals surface area (Å²) in [6, 6.07) is 0. The number of hydrogen-bond acceptors (Lipinski definition) is 4. The van der Waals surface area contributed by atoms with Crippen LogP contribution < -0.4 is 0 Å². The molecular weight excluding hydrogens is 148 g/mol. The van der Waals surface area contributed by atoms with E-state index in [1.54, 1.807) is 13.8 Å². The topological polar surface area (TPSA) is 52.6 Å². The maximum absolute atomic E-state index is 10.5. The van der Waals surface area contributed by atoms with E-state index in [4.69, 9.17) is 0 Å². The van der Waals surface area contributed by atoms with Gasteiger partial charge in [-0.05, 0) is 13.8 Å². The molecule has 0 saturated heterocycles. The van der Waals surface area contributed by atoms with Crippen molar-refractivity contribution < 1.29 is 19.1 Å². The first-order chi connectivity index (χ1) is 5.22. The minimum absolute atomic E-state index is 0.170. The highest BCUT2D eigenvalue weighted by molar-refractivity contribution is 6.29. The monoisotopic (exact) mass is 158 g/mol. The van der Waals surface area contributed by atoms with E-state index in [-0.39, 0.29) is 6.61 Å². The van der Waals surface area contributed by atoms with Gasteiger partial charge in [-0.25, -0.2) is 9.59 Å². The van der Waals surface area contributed by atoms with Gasteiger partial charge in [-0.3, -0.25) is 0 Å². The van der Waals surface area contributed by atoms with Crippen LogP contribution in [0.2, 0.25) is 0 Å². The third kappa shape index (κ3) is 4.13. The molecule has 4 nitrogen and oxygen atoms in total. The lowest BCUT2D eigenvalue weighted by Gasteiger charge is -1.97. The molecule has 0 atom stereocenters. The molecule has 0 unspecified atom stereocenters. The maximum Gasteiger partial charge on any atom is 0.422 e. The molecule has 0 aromatic heterocycles. The van der Waals surface area contributed by atoms with Crippen molar-refractivity contribution in [3.63, 3.8) is 0 Å². The Kier molecular flexibility index (Phi) is 4.81. The highest BCUT2D eigenvalue weighted by Gasteiger charge is 2.14. The van der Waals surface area contributed by atoms with Gasteiger partial charge in [0.25, 0.3) is 0 Å². The summed E-state index contributed by atoms with van der Waals surface area (Å²) in [4.78, 5) is 21.1. The van der Waals surface area contributed by atoms with Crippen LogP contribution in [-0.2, 0) is 19.1 Å². The van der Waals surface area contributed by atoms with E-state index in [1.165, 1.54) is 6.08 Å². The van der Waals surface area contributed by atoms with Gasteiger partial charge in [0.2, 0.25) is 0 Å². The fourth-order valence-corrected chi connectivity index (χ4v) is 0.368. The molecule has 0 bridgehead atoms. The van der Waals surface area contributed by atoms with Crippen molar-refractivity contribution >= 4 is 11.9 Å². The number of ether oxygens (including phenoxy) is 2. The van der Waals surface area contributed by atoms with Crippen molar-refractivity contribution in [1.82, 2.24) is 0 Å². The SMILES string of the molecule is CC=COC(=O)C(=O)OCC. The van der Waals surface area contributed by atoms with E-state index in [9.17, 15) is 9.59 Å². The van der Waals surface area contributed by atoms with Crippen LogP contribution in [-0.4, -0.2) is 18.5 Å². The van der Waals surface area contributed by atoms with Crippen LogP contribution in [0.15, 0.2) is 12.3 Å². The molecule has 0 aromatic rings. The number of esters is 2. The van der Waals surface area contributed by atoms with Crippen molar-refractivity contribution in [3.8, 4) is 0 Å². The number of hydrogen-bond donors (Lipinski definition) is 0. The highest BCUT2D eigenvalue weighted by Crippen LogP contribution is 1.85. The van der Waals surface area contributed by atoms with Crippen molar-refractivity contribution in [3.05, 3.63) is 12.3 Å². The molecule has 0 aliphatic heterocycles. The van der Waals surface area contributed by atoms with Crippen molar-refractivity contribution in [2.75, 3.05) is 6.61 Å². The fourth-order valence-electron chi connectivity index (χ4n) is 0.368. The average Bonchev–Trinajstić information content (AvgIpc) is 2.00. The molecule has 11 heavy (non-hydrogen) atoms. The molecule has 0 heterocycles. The van der Waals surface area contributed by atoms with Gasteiger partial charge in [-0.1, -0.05) is 6.08 Å². The van der Waals surface area contributed by atoms with Gasteiger partial charge in [-0.15, -0.1) is 0 Å². The van der Waals surface area contributed by atoms with Crippen LogP contribution in [0, 0.1) is 0 Å². The first-order valence-corrected chi connectivity index (χ1v) is 3.21. The summed E-state index contributed by atoms with van der Waals surface area (Å²) in [6.07, 6.45) is 2.62. The quantitative estimate of drug-likeness (QED) is 0.336. The molecule has 0 radical (unpaired) electrons. The lowest BCUT2D eigenvalue weighted by molar-refractivity contribution is -0.164.